The van der Waals surface area contributed by atoms with Crippen LogP contribution in [0.5, 0.6) is 0 Å². The predicted molar refractivity (Wildman–Crippen MR) is 83.8 cm³/mol. The lowest BCUT2D eigenvalue weighted by Gasteiger charge is -2.06. The Hall–Kier alpha value is -1.50. The molecule has 0 aliphatic rings. The number of nitrogens with zero attached hydrogens (tertiary/aromatic N) is 2. The van der Waals surface area contributed by atoms with Gasteiger partial charge in [0.05, 0.1) is 24.4 Å². The third kappa shape index (κ3) is 5.08. The second-order valence-electron chi connectivity index (χ2n) is 4.27. The topological polar surface area (TPSA) is 67.2 Å². The Kier molecular flexibility index (Phi) is 6.10. The zero-order chi connectivity index (χ0) is 15.1. The standard InChI is InChI=1S/C14H16ClN3O2S/c15-12-9-17-18(10-12)6-5-16-14(20)11-1-3-13(4-2-11)21-8-7-19/h1-4,9-10,19H,5-8H2,(H,16,20). The number of hydrogen-bond donors (Lipinski definition) is 2. The molecule has 1 heterocycles. The summed E-state index contributed by atoms with van der Waals surface area (Å²) in [4.78, 5) is 13.0. The molecule has 0 atom stereocenters. The molecule has 0 spiro atoms. The highest BCUT2D eigenvalue weighted by Crippen LogP contribution is 2.17. The normalized spacial score (nSPS) is 10.6. The monoisotopic (exact) mass is 325 g/mol. The highest BCUT2D eigenvalue weighted by atomic mass is 35.5. The number of rotatable bonds is 7. The van der Waals surface area contributed by atoms with E-state index in [9.17, 15) is 4.79 Å². The third-order valence-corrected chi connectivity index (χ3v) is 3.89. The average molecular weight is 326 g/mol. The smallest absolute Gasteiger partial charge is 0.251 e. The number of aliphatic hydroxyl groups excluding tert-OH is 1. The molecule has 7 heteroatoms. The van der Waals surface area contributed by atoms with Gasteiger partial charge in [0.2, 0.25) is 0 Å². The summed E-state index contributed by atoms with van der Waals surface area (Å²) in [5, 5.41) is 16.2. The maximum Gasteiger partial charge on any atom is 0.251 e. The number of thioether (sulfide) groups is 1. The number of halogens is 1. The van der Waals surface area contributed by atoms with Gasteiger partial charge in [-0.15, -0.1) is 11.8 Å². The first-order valence-electron chi connectivity index (χ1n) is 6.49. The number of aromatic nitrogens is 2. The molecule has 1 aromatic carbocycles. The van der Waals surface area contributed by atoms with Crippen LogP contribution >= 0.6 is 23.4 Å². The minimum atomic E-state index is -0.119. The number of aliphatic hydroxyl groups is 1. The molecule has 1 amide bonds. The van der Waals surface area contributed by atoms with E-state index in [2.05, 4.69) is 10.4 Å². The molecular formula is C14H16ClN3O2S. The fraction of sp³-hybridized carbons (Fsp3) is 0.286. The maximum atomic E-state index is 12.0. The lowest BCUT2D eigenvalue weighted by atomic mass is 10.2. The summed E-state index contributed by atoms with van der Waals surface area (Å²) in [5.74, 6) is 0.532. The van der Waals surface area contributed by atoms with Gasteiger partial charge >= 0.3 is 0 Å². The highest BCUT2D eigenvalue weighted by molar-refractivity contribution is 7.99. The number of hydrogen-bond acceptors (Lipinski definition) is 4. The summed E-state index contributed by atoms with van der Waals surface area (Å²) in [6.07, 6.45) is 3.27. The van der Waals surface area contributed by atoms with Crippen LogP contribution in [0.3, 0.4) is 0 Å². The zero-order valence-electron chi connectivity index (χ0n) is 11.3. The van der Waals surface area contributed by atoms with Gasteiger partial charge in [-0.25, -0.2) is 0 Å². The molecule has 21 heavy (non-hydrogen) atoms. The van der Waals surface area contributed by atoms with Crippen LogP contribution in [0.15, 0.2) is 41.6 Å². The predicted octanol–water partition coefficient (Wildman–Crippen LogP) is 2.05. The van der Waals surface area contributed by atoms with Gasteiger partial charge in [0.15, 0.2) is 0 Å². The molecule has 2 N–H and O–H groups in total. The van der Waals surface area contributed by atoms with E-state index >= 15 is 0 Å². The van der Waals surface area contributed by atoms with Crippen molar-refractivity contribution in [3.05, 3.63) is 47.2 Å². The number of nitrogens with one attached hydrogen (secondary N) is 1. The Morgan fingerprint density at radius 3 is 2.76 bits per heavy atom. The lowest BCUT2D eigenvalue weighted by Crippen LogP contribution is -2.27. The molecule has 5 nitrogen and oxygen atoms in total. The van der Waals surface area contributed by atoms with E-state index in [1.807, 2.05) is 12.1 Å². The molecule has 0 unspecified atom stereocenters. The second-order valence-corrected chi connectivity index (χ2v) is 5.88. The Morgan fingerprint density at radius 1 is 1.38 bits per heavy atom. The summed E-state index contributed by atoms with van der Waals surface area (Å²) in [5.41, 5.74) is 0.613. The second kappa shape index (κ2) is 8.07. The number of carbonyl (C=O) groups excluding carboxylic acids is 1. The minimum absolute atomic E-state index is 0.119. The molecule has 2 rings (SSSR count). The van der Waals surface area contributed by atoms with Gasteiger partial charge in [0.1, 0.15) is 0 Å². The third-order valence-electron chi connectivity index (χ3n) is 2.70. The highest BCUT2D eigenvalue weighted by Gasteiger charge is 2.05. The molecule has 1 aromatic heterocycles. The van der Waals surface area contributed by atoms with Crippen molar-refractivity contribution in [2.45, 2.75) is 11.4 Å². The van der Waals surface area contributed by atoms with Crippen molar-refractivity contribution in [3.63, 3.8) is 0 Å². The summed E-state index contributed by atoms with van der Waals surface area (Å²) in [7, 11) is 0. The number of carbonyl (C=O) groups is 1. The number of amides is 1. The Bertz CT molecular complexity index is 586. The fourth-order valence-corrected chi connectivity index (χ4v) is 2.52. The van der Waals surface area contributed by atoms with Crippen molar-refractivity contribution >= 4 is 29.3 Å². The summed E-state index contributed by atoms with van der Waals surface area (Å²) in [6, 6.07) is 7.31. The van der Waals surface area contributed by atoms with Crippen LogP contribution in [0.1, 0.15) is 10.4 Å². The van der Waals surface area contributed by atoms with E-state index in [4.69, 9.17) is 16.7 Å². The van der Waals surface area contributed by atoms with Gasteiger partial charge in [0, 0.05) is 29.0 Å². The summed E-state index contributed by atoms with van der Waals surface area (Å²) < 4.78 is 1.68. The molecule has 112 valence electrons. The largest absolute Gasteiger partial charge is 0.396 e. The Labute approximate surface area is 132 Å². The van der Waals surface area contributed by atoms with Crippen LogP contribution in [0.25, 0.3) is 0 Å². The zero-order valence-corrected chi connectivity index (χ0v) is 12.9. The van der Waals surface area contributed by atoms with Crippen LogP contribution < -0.4 is 5.32 Å². The Balaban J connectivity index is 1.79. The van der Waals surface area contributed by atoms with E-state index in [1.54, 1.807) is 41.0 Å². The van der Waals surface area contributed by atoms with Crippen molar-refractivity contribution in [2.75, 3.05) is 18.9 Å². The van der Waals surface area contributed by atoms with Crippen molar-refractivity contribution in [2.24, 2.45) is 0 Å². The van der Waals surface area contributed by atoms with Crippen LogP contribution in [0, 0.1) is 0 Å². The molecule has 2 aromatic rings. The molecule has 0 radical (unpaired) electrons. The van der Waals surface area contributed by atoms with Crippen molar-refractivity contribution in [3.8, 4) is 0 Å². The molecule has 0 saturated carbocycles. The van der Waals surface area contributed by atoms with E-state index in [0.29, 0.717) is 29.4 Å². The van der Waals surface area contributed by atoms with Gasteiger partial charge in [0.25, 0.3) is 5.91 Å². The van der Waals surface area contributed by atoms with Crippen molar-refractivity contribution < 1.29 is 9.90 Å². The first kappa shape index (κ1) is 15.9. The molecule has 0 saturated heterocycles. The van der Waals surface area contributed by atoms with Crippen molar-refractivity contribution in [1.29, 1.82) is 0 Å². The number of benzene rings is 1. The SMILES string of the molecule is O=C(NCCn1cc(Cl)cn1)c1ccc(SCCO)cc1. The molecular weight excluding hydrogens is 310 g/mol. The van der Waals surface area contributed by atoms with E-state index < -0.39 is 0 Å². The first-order valence-corrected chi connectivity index (χ1v) is 7.85. The van der Waals surface area contributed by atoms with E-state index in [0.717, 1.165) is 4.90 Å². The molecule has 0 fully saturated rings. The Morgan fingerprint density at radius 2 is 2.14 bits per heavy atom. The molecule has 0 aliphatic heterocycles. The van der Waals surface area contributed by atoms with Gasteiger partial charge in [-0.1, -0.05) is 11.6 Å². The average Bonchev–Trinajstić information content (AvgIpc) is 2.91. The minimum Gasteiger partial charge on any atom is -0.396 e. The van der Waals surface area contributed by atoms with Crippen LogP contribution in [0.2, 0.25) is 5.02 Å². The van der Waals surface area contributed by atoms with Crippen molar-refractivity contribution in [1.82, 2.24) is 15.1 Å². The molecule has 0 aliphatic carbocycles. The van der Waals surface area contributed by atoms with Crippen LogP contribution in [0.4, 0.5) is 0 Å². The summed E-state index contributed by atoms with van der Waals surface area (Å²) >= 11 is 7.31. The summed E-state index contributed by atoms with van der Waals surface area (Å²) in [6.45, 7) is 1.20. The van der Waals surface area contributed by atoms with E-state index in [1.165, 1.54) is 0 Å². The van der Waals surface area contributed by atoms with Gasteiger partial charge in [-0.2, -0.15) is 5.10 Å². The van der Waals surface area contributed by atoms with Gasteiger partial charge in [-0.3, -0.25) is 9.48 Å². The van der Waals surface area contributed by atoms with Crippen LogP contribution in [-0.4, -0.2) is 39.7 Å². The van der Waals surface area contributed by atoms with E-state index in [-0.39, 0.29) is 12.5 Å². The fourth-order valence-electron chi connectivity index (χ4n) is 1.71. The van der Waals surface area contributed by atoms with Crippen LogP contribution in [-0.2, 0) is 6.54 Å². The van der Waals surface area contributed by atoms with Gasteiger partial charge < -0.3 is 10.4 Å². The lowest BCUT2D eigenvalue weighted by molar-refractivity contribution is 0.0952. The quantitative estimate of drug-likeness (QED) is 0.765. The maximum absolute atomic E-state index is 12.0. The van der Waals surface area contributed by atoms with Gasteiger partial charge in [-0.05, 0) is 24.3 Å². The molecule has 0 bridgehead atoms. The first-order chi connectivity index (χ1) is 10.2.